The second-order valence-corrected chi connectivity index (χ2v) is 11.9. The van der Waals surface area contributed by atoms with Gasteiger partial charge in [0.1, 0.15) is 8.24 Å². The molecule has 0 aromatic heterocycles. The molecule has 1 aliphatic heterocycles. The standard InChI is InChI=1S/C13H25BClNSi/c1-7-9-12-10-8-11-16(14(12)15)17(5,6)13(2,3)4/h8,10-11H,7,9H2,1-6H3. The Morgan fingerprint density at radius 3 is 2.41 bits per heavy atom. The van der Waals surface area contributed by atoms with Gasteiger partial charge in [-0.2, -0.15) is 11.5 Å². The molecule has 0 bridgehead atoms. The van der Waals surface area contributed by atoms with Crippen LogP contribution in [-0.4, -0.2) is 19.0 Å². The molecule has 17 heavy (non-hydrogen) atoms. The van der Waals surface area contributed by atoms with Crippen LogP contribution in [0, 0.1) is 0 Å². The molecule has 1 aliphatic rings. The molecule has 0 aliphatic carbocycles. The molecule has 4 heteroatoms. The molecule has 0 fully saturated rings. The van der Waals surface area contributed by atoms with Crippen molar-refractivity contribution < 1.29 is 0 Å². The van der Waals surface area contributed by atoms with Crippen LogP contribution in [-0.2, 0) is 0 Å². The van der Waals surface area contributed by atoms with Crippen LogP contribution in [0.3, 0.4) is 0 Å². The van der Waals surface area contributed by atoms with Crippen molar-refractivity contribution in [2.45, 2.75) is 58.7 Å². The Hall–Kier alpha value is -0.148. The van der Waals surface area contributed by atoms with Crippen molar-refractivity contribution in [3.63, 3.8) is 0 Å². The Balaban J connectivity index is 2.95. The number of nitrogens with zero attached hydrogens (tertiary/aromatic N) is 1. The van der Waals surface area contributed by atoms with E-state index in [1.54, 1.807) is 0 Å². The van der Waals surface area contributed by atoms with Gasteiger partial charge in [0.05, 0.1) is 0 Å². The monoisotopic (exact) mass is 269 g/mol. The summed E-state index contributed by atoms with van der Waals surface area (Å²) < 4.78 is 2.43. The fourth-order valence-corrected chi connectivity index (χ4v) is 4.89. The van der Waals surface area contributed by atoms with Crippen molar-refractivity contribution in [1.82, 2.24) is 4.48 Å². The molecule has 0 atom stereocenters. The molecule has 0 spiro atoms. The summed E-state index contributed by atoms with van der Waals surface area (Å²) in [5, 5.41) is 0.319. The van der Waals surface area contributed by atoms with Gasteiger partial charge < -0.3 is 4.48 Å². The summed E-state index contributed by atoms with van der Waals surface area (Å²) >= 11 is 6.66. The van der Waals surface area contributed by atoms with Gasteiger partial charge >= 0.3 is 6.26 Å². The molecular formula is C13H25BClNSi. The average Bonchev–Trinajstić information content (AvgIpc) is 2.19. The lowest BCUT2D eigenvalue weighted by Gasteiger charge is -2.48. The second-order valence-electron chi connectivity index (χ2n) is 6.39. The van der Waals surface area contributed by atoms with E-state index in [1.807, 2.05) is 0 Å². The maximum Gasteiger partial charge on any atom is 0.382 e. The summed E-state index contributed by atoms with van der Waals surface area (Å²) in [5.41, 5.74) is 1.36. The van der Waals surface area contributed by atoms with E-state index in [0.29, 0.717) is 5.04 Å². The van der Waals surface area contributed by atoms with Gasteiger partial charge in [-0.05, 0) is 23.7 Å². The van der Waals surface area contributed by atoms with E-state index in [1.165, 1.54) is 5.47 Å². The molecular weight excluding hydrogens is 245 g/mol. The SMILES string of the molecule is CCCC1=CC=CN([Si](C)(C)C(C)(C)C)B1Cl. The number of allylic oxidation sites excluding steroid dienone is 3. The van der Waals surface area contributed by atoms with Gasteiger partial charge in [-0.3, -0.25) is 0 Å². The zero-order valence-electron chi connectivity index (χ0n) is 12.0. The predicted octanol–water partition coefficient (Wildman–Crippen LogP) is 4.81. The molecule has 0 aromatic rings. The highest BCUT2D eigenvalue weighted by atomic mass is 35.5. The molecule has 0 saturated heterocycles. The zero-order chi connectivity index (χ0) is 13.3. The topological polar surface area (TPSA) is 3.24 Å². The van der Waals surface area contributed by atoms with Gasteiger partial charge in [0, 0.05) is 0 Å². The lowest BCUT2D eigenvalue weighted by Crippen LogP contribution is -2.57. The number of hydrogen-bond donors (Lipinski definition) is 0. The minimum absolute atomic E-state index is 0.0563. The first-order valence-electron chi connectivity index (χ1n) is 6.51. The van der Waals surface area contributed by atoms with E-state index in [0.717, 1.165) is 12.8 Å². The minimum atomic E-state index is -1.56. The molecule has 1 nitrogen and oxygen atoms in total. The van der Waals surface area contributed by atoms with Crippen LogP contribution in [0.1, 0.15) is 40.5 Å². The molecule has 0 amide bonds. The summed E-state index contributed by atoms with van der Waals surface area (Å²) in [6.45, 7) is 14.0. The summed E-state index contributed by atoms with van der Waals surface area (Å²) in [7, 11) is -1.56. The third-order valence-corrected chi connectivity index (χ3v) is 10.2. The van der Waals surface area contributed by atoms with Crippen LogP contribution in [0.4, 0.5) is 0 Å². The Kier molecular flexibility index (Phi) is 4.59. The van der Waals surface area contributed by atoms with Gasteiger partial charge in [0.2, 0.25) is 0 Å². The van der Waals surface area contributed by atoms with Crippen LogP contribution in [0.15, 0.2) is 23.8 Å². The first-order chi connectivity index (χ1) is 7.71. The van der Waals surface area contributed by atoms with Crippen molar-refractivity contribution in [1.29, 1.82) is 0 Å². The van der Waals surface area contributed by atoms with Crippen molar-refractivity contribution in [3.05, 3.63) is 23.8 Å². The van der Waals surface area contributed by atoms with E-state index < -0.39 is 8.24 Å². The Bertz CT molecular complexity index is 331. The summed E-state index contributed by atoms with van der Waals surface area (Å²) in [4.78, 5) is 0. The van der Waals surface area contributed by atoms with Crippen LogP contribution >= 0.6 is 11.5 Å². The molecule has 0 aromatic carbocycles. The van der Waals surface area contributed by atoms with Crippen molar-refractivity contribution in [2.24, 2.45) is 0 Å². The largest absolute Gasteiger partial charge is 0.431 e. The highest BCUT2D eigenvalue weighted by Crippen LogP contribution is 2.41. The second kappa shape index (κ2) is 5.23. The molecule has 0 N–H and O–H groups in total. The predicted molar refractivity (Wildman–Crippen MR) is 82.8 cm³/mol. The molecule has 1 heterocycles. The van der Waals surface area contributed by atoms with Crippen LogP contribution < -0.4 is 0 Å². The lowest BCUT2D eigenvalue weighted by molar-refractivity contribution is 0.653. The Morgan fingerprint density at radius 1 is 1.35 bits per heavy atom. The molecule has 96 valence electrons. The van der Waals surface area contributed by atoms with Crippen LogP contribution in [0.2, 0.25) is 18.1 Å². The molecule has 1 rings (SSSR count). The first-order valence-corrected chi connectivity index (χ1v) is 9.90. The van der Waals surface area contributed by atoms with Gasteiger partial charge in [-0.25, -0.2) is 0 Å². The van der Waals surface area contributed by atoms with Crippen LogP contribution in [0.25, 0.3) is 0 Å². The van der Waals surface area contributed by atoms with E-state index in [9.17, 15) is 0 Å². The zero-order valence-corrected chi connectivity index (χ0v) is 13.8. The van der Waals surface area contributed by atoms with E-state index in [2.05, 4.69) is 63.6 Å². The summed E-state index contributed by atoms with van der Waals surface area (Å²) in [6.07, 6.45) is 8.85. The van der Waals surface area contributed by atoms with Crippen molar-refractivity contribution >= 4 is 26.0 Å². The van der Waals surface area contributed by atoms with E-state index >= 15 is 0 Å². The van der Waals surface area contributed by atoms with Crippen molar-refractivity contribution in [3.8, 4) is 0 Å². The van der Waals surface area contributed by atoms with Gasteiger partial charge in [-0.15, -0.1) is 0 Å². The first kappa shape index (κ1) is 14.9. The third-order valence-electron chi connectivity index (χ3n) is 4.13. The van der Waals surface area contributed by atoms with Crippen LogP contribution in [0.5, 0.6) is 0 Å². The fourth-order valence-electron chi connectivity index (χ4n) is 1.94. The van der Waals surface area contributed by atoms with E-state index in [-0.39, 0.29) is 6.26 Å². The lowest BCUT2D eigenvalue weighted by atomic mass is 9.76. The van der Waals surface area contributed by atoms with E-state index in [4.69, 9.17) is 11.5 Å². The number of rotatable bonds is 3. The normalized spacial score (nSPS) is 17.5. The smallest absolute Gasteiger partial charge is 0.382 e. The maximum atomic E-state index is 6.66. The average molecular weight is 270 g/mol. The number of hydrogen-bond acceptors (Lipinski definition) is 1. The maximum absolute atomic E-state index is 6.66. The Morgan fingerprint density at radius 2 is 1.94 bits per heavy atom. The van der Waals surface area contributed by atoms with Gasteiger partial charge in [0.15, 0.2) is 0 Å². The highest BCUT2D eigenvalue weighted by molar-refractivity contribution is 7.14. The molecule has 0 radical (unpaired) electrons. The fraction of sp³-hybridized carbons (Fsp3) is 0.692. The summed E-state index contributed by atoms with van der Waals surface area (Å²) in [6, 6.07) is 0. The Labute approximate surface area is 113 Å². The highest BCUT2D eigenvalue weighted by Gasteiger charge is 2.44. The van der Waals surface area contributed by atoms with Gasteiger partial charge in [-0.1, -0.05) is 58.8 Å². The van der Waals surface area contributed by atoms with Crippen molar-refractivity contribution in [2.75, 3.05) is 0 Å². The molecule has 0 saturated carbocycles. The number of halogens is 1. The van der Waals surface area contributed by atoms with Gasteiger partial charge in [0.25, 0.3) is 0 Å². The quantitative estimate of drug-likeness (QED) is 0.664. The minimum Gasteiger partial charge on any atom is -0.431 e. The third kappa shape index (κ3) is 3.00. The summed E-state index contributed by atoms with van der Waals surface area (Å²) in [5.74, 6) is 0. The molecule has 0 unspecified atom stereocenters.